The molecule has 35 heavy (non-hydrogen) atoms. The second kappa shape index (κ2) is 10.3. The number of anilines is 2. The molecule has 0 aliphatic carbocycles. The van der Waals surface area contributed by atoms with Crippen LogP contribution < -0.4 is 26.7 Å². The molecule has 0 atom stereocenters. The fourth-order valence-corrected chi connectivity index (χ4v) is 3.65. The van der Waals surface area contributed by atoms with E-state index in [1.165, 1.54) is 31.5 Å². The molecule has 9 nitrogen and oxygen atoms in total. The minimum absolute atomic E-state index is 0.129. The maximum Gasteiger partial charge on any atom is 0.261 e. The fraction of sp³-hybridized carbons (Fsp3) is 0.120. The minimum Gasteiger partial charge on any atom is -0.481 e. The van der Waals surface area contributed by atoms with Gasteiger partial charge in [-0.1, -0.05) is 29.8 Å². The summed E-state index contributed by atoms with van der Waals surface area (Å²) in [5.74, 6) is -0.683. The van der Waals surface area contributed by atoms with Crippen LogP contribution in [0.25, 0.3) is 10.9 Å². The molecule has 0 unspecified atom stereocenters. The number of aromatic amines is 1. The zero-order valence-corrected chi connectivity index (χ0v) is 19.5. The molecule has 2 amide bonds. The Balaban J connectivity index is 1.48. The van der Waals surface area contributed by atoms with Crippen LogP contribution in [0.1, 0.15) is 26.3 Å². The third kappa shape index (κ3) is 5.42. The second-order valence-corrected chi connectivity index (χ2v) is 8.09. The average Bonchev–Trinajstić information content (AvgIpc) is 2.85. The smallest absolute Gasteiger partial charge is 0.261 e. The first-order valence-corrected chi connectivity index (χ1v) is 11.0. The van der Waals surface area contributed by atoms with Crippen LogP contribution in [-0.2, 0) is 6.42 Å². The van der Waals surface area contributed by atoms with E-state index in [2.05, 4.69) is 20.6 Å². The summed E-state index contributed by atoms with van der Waals surface area (Å²) in [5, 5.41) is 6.20. The number of benzene rings is 2. The Bertz CT molecular complexity index is 1480. The summed E-state index contributed by atoms with van der Waals surface area (Å²) in [6.07, 6.45) is 2.06. The Kier molecular flexibility index (Phi) is 6.98. The minimum atomic E-state index is -0.678. The highest BCUT2D eigenvalue weighted by Crippen LogP contribution is 2.24. The Hall–Kier alpha value is -4.37. The van der Waals surface area contributed by atoms with E-state index in [0.29, 0.717) is 41.0 Å². The number of halogens is 1. The van der Waals surface area contributed by atoms with E-state index in [0.717, 1.165) is 5.56 Å². The lowest BCUT2D eigenvalue weighted by molar-refractivity contribution is 0.0952. The third-order valence-corrected chi connectivity index (χ3v) is 5.70. The number of nitrogens with two attached hydrogens (primary N) is 1. The van der Waals surface area contributed by atoms with Crippen molar-refractivity contribution < 1.29 is 14.3 Å². The van der Waals surface area contributed by atoms with Crippen molar-refractivity contribution in [3.8, 4) is 5.88 Å². The number of nitrogens with zero attached hydrogens (tertiary/aromatic N) is 1. The molecule has 2 aromatic heterocycles. The quantitative estimate of drug-likeness (QED) is 0.292. The SMILES string of the molecule is COc1cc2[nH]c(=O)c(C(=O)Nc3cc(C(=O)NCCc4ccccc4N)ccc3Cl)cc2cn1. The summed E-state index contributed by atoms with van der Waals surface area (Å²) in [6, 6.07) is 14.9. The van der Waals surface area contributed by atoms with Gasteiger partial charge in [0.1, 0.15) is 5.56 Å². The highest BCUT2D eigenvalue weighted by molar-refractivity contribution is 6.34. The van der Waals surface area contributed by atoms with Gasteiger partial charge in [0.05, 0.1) is 23.3 Å². The molecule has 4 aromatic rings. The molecule has 0 saturated heterocycles. The van der Waals surface area contributed by atoms with Crippen molar-refractivity contribution in [3.05, 3.63) is 92.9 Å². The molecule has 10 heteroatoms. The van der Waals surface area contributed by atoms with Gasteiger partial charge in [-0.3, -0.25) is 14.4 Å². The first-order chi connectivity index (χ1) is 16.9. The lowest BCUT2D eigenvalue weighted by atomic mass is 10.1. The molecule has 0 radical (unpaired) electrons. The van der Waals surface area contributed by atoms with Crippen molar-refractivity contribution in [1.29, 1.82) is 0 Å². The van der Waals surface area contributed by atoms with E-state index in [4.69, 9.17) is 22.1 Å². The van der Waals surface area contributed by atoms with Gasteiger partial charge in [-0.25, -0.2) is 4.98 Å². The first-order valence-electron chi connectivity index (χ1n) is 10.7. The number of pyridine rings is 2. The highest BCUT2D eigenvalue weighted by Gasteiger charge is 2.16. The topological polar surface area (TPSA) is 139 Å². The van der Waals surface area contributed by atoms with Gasteiger partial charge in [-0.15, -0.1) is 0 Å². The molecule has 0 saturated carbocycles. The number of nitrogen functional groups attached to an aromatic ring is 1. The van der Waals surface area contributed by atoms with Crippen molar-refractivity contribution in [2.75, 3.05) is 24.7 Å². The predicted octanol–water partition coefficient (Wildman–Crippen LogP) is 3.39. The summed E-state index contributed by atoms with van der Waals surface area (Å²) in [5.41, 5.74) is 7.79. The molecule has 0 aliphatic heterocycles. The van der Waals surface area contributed by atoms with E-state index in [1.807, 2.05) is 18.2 Å². The summed E-state index contributed by atoms with van der Waals surface area (Å²) in [6.45, 7) is 0.378. The number of hydrogen-bond donors (Lipinski definition) is 4. The summed E-state index contributed by atoms with van der Waals surface area (Å²) >= 11 is 6.23. The van der Waals surface area contributed by atoms with Crippen LogP contribution in [0, 0.1) is 0 Å². The van der Waals surface area contributed by atoms with Crippen molar-refractivity contribution in [1.82, 2.24) is 15.3 Å². The number of rotatable bonds is 7. The average molecular weight is 492 g/mol. The van der Waals surface area contributed by atoms with Gasteiger partial charge in [-0.2, -0.15) is 0 Å². The lowest BCUT2D eigenvalue weighted by Gasteiger charge is -2.11. The van der Waals surface area contributed by atoms with Crippen molar-refractivity contribution >= 4 is 45.7 Å². The van der Waals surface area contributed by atoms with Gasteiger partial charge in [0.25, 0.3) is 17.4 Å². The maximum atomic E-state index is 12.8. The number of nitrogens with one attached hydrogen (secondary N) is 3. The molecule has 2 aromatic carbocycles. The number of carbonyl (C=O) groups is 2. The van der Waals surface area contributed by atoms with Gasteiger partial charge in [0, 0.05) is 35.4 Å². The number of hydrogen-bond acceptors (Lipinski definition) is 6. The molecule has 178 valence electrons. The van der Waals surface area contributed by atoms with Crippen LogP contribution in [0.2, 0.25) is 5.02 Å². The van der Waals surface area contributed by atoms with E-state index in [9.17, 15) is 14.4 Å². The molecule has 0 bridgehead atoms. The predicted molar refractivity (Wildman–Crippen MR) is 135 cm³/mol. The highest BCUT2D eigenvalue weighted by atomic mass is 35.5. The summed E-state index contributed by atoms with van der Waals surface area (Å²) in [7, 11) is 1.46. The van der Waals surface area contributed by atoms with Crippen LogP contribution in [-0.4, -0.2) is 35.4 Å². The van der Waals surface area contributed by atoms with Gasteiger partial charge < -0.3 is 26.1 Å². The molecule has 2 heterocycles. The molecular weight excluding hydrogens is 470 g/mol. The number of carbonyl (C=O) groups excluding carboxylic acids is 2. The van der Waals surface area contributed by atoms with Crippen LogP contribution in [0.4, 0.5) is 11.4 Å². The van der Waals surface area contributed by atoms with Crippen molar-refractivity contribution in [3.63, 3.8) is 0 Å². The Morgan fingerprint density at radius 1 is 1.11 bits per heavy atom. The molecule has 5 N–H and O–H groups in total. The number of aromatic nitrogens is 2. The van der Waals surface area contributed by atoms with Crippen LogP contribution in [0.15, 0.2) is 65.6 Å². The van der Waals surface area contributed by atoms with Gasteiger partial charge in [0.15, 0.2) is 0 Å². The van der Waals surface area contributed by atoms with Crippen LogP contribution >= 0.6 is 11.6 Å². The number of H-pyrrole nitrogens is 1. The van der Waals surface area contributed by atoms with Crippen molar-refractivity contribution in [2.24, 2.45) is 0 Å². The zero-order chi connectivity index (χ0) is 24.9. The van der Waals surface area contributed by atoms with Gasteiger partial charge >= 0.3 is 0 Å². The largest absolute Gasteiger partial charge is 0.481 e. The Labute approximate surface area is 205 Å². The number of amides is 2. The van der Waals surface area contributed by atoms with Gasteiger partial charge in [-0.05, 0) is 42.3 Å². The number of para-hydroxylation sites is 1. The van der Waals surface area contributed by atoms with Crippen molar-refractivity contribution in [2.45, 2.75) is 6.42 Å². The standard InChI is InChI=1S/C25H22ClN5O4/c1-35-22-12-20-16(13-29-22)10-17(24(33)30-20)25(34)31-21-11-15(6-7-18(21)26)23(32)28-9-8-14-4-2-3-5-19(14)27/h2-7,10-13H,8-9,27H2,1H3,(H,28,32)(H,30,33)(H,31,34). The molecule has 0 spiro atoms. The summed E-state index contributed by atoms with van der Waals surface area (Å²) in [4.78, 5) is 44.7. The third-order valence-electron chi connectivity index (χ3n) is 5.37. The number of methoxy groups -OCH3 is 1. The molecule has 0 aliphatic rings. The molecule has 4 rings (SSSR count). The monoisotopic (exact) mass is 491 g/mol. The fourth-order valence-electron chi connectivity index (χ4n) is 3.49. The molecular formula is C25H22ClN5O4. The van der Waals surface area contributed by atoms with Gasteiger partial charge in [0.2, 0.25) is 5.88 Å². The zero-order valence-electron chi connectivity index (χ0n) is 18.7. The maximum absolute atomic E-state index is 12.8. The van der Waals surface area contributed by atoms with E-state index < -0.39 is 11.5 Å². The molecule has 0 fully saturated rings. The first kappa shape index (κ1) is 23.8. The number of fused-ring (bicyclic) bond motifs is 1. The van der Waals surface area contributed by atoms with E-state index in [1.54, 1.807) is 18.2 Å². The van der Waals surface area contributed by atoms with Crippen LogP contribution in [0.5, 0.6) is 5.88 Å². The second-order valence-electron chi connectivity index (χ2n) is 7.68. The van der Waals surface area contributed by atoms with E-state index in [-0.39, 0.29) is 22.2 Å². The summed E-state index contributed by atoms with van der Waals surface area (Å²) < 4.78 is 5.05. The lowest BCUT2D eigenvalue weighted by Crippen LogP contribution is -2.26. The number of ether oxygens (including phenoxy) is 1. The normalized spacial score (nSPS) is 10.7. The van der Waals surface area contributed by atoms with Crippen LogP contribution in [0.3, 0.4) is 0 Å². The Morgan fingerprint density at radius 3 is 2.69 bits per heavy atom. The van der Waals surface area contributed by atoms with E-state index >= 15 is 0 Å². The Morgan fingerprint density at radius 2 is 1.91 bits per heavy atom.